The first-order valence-corrected chi connectivity index (χ1v) is 6.81. The van der Waals surface area contributed by atoms with E-state index in [0.29, 0.717) is 6.29 Å². The van der Waals surface area contributed by atoms with Crippen molar-refractivity contribution in [1.29, 1.82) is 0 Å². The molecule has 1 N–H and O–H groups in total. The molecule has 21 heavy (non-hydrogen) atoms. The number of hydrogen-bond donors (Lipinski definition) is 1. The van der Waals surface area contributed by atoms with Crippen molar-refractivity contribution >= 4 is 12.4 Å². The number of hydrogen-bond acceptors (Lipinski definition) is 3. The molecular formula is C17H15NO3. The van der Waals surface area contributed by atoms with Crippen LogP contribution in [0.25, 0.3) is 11.1 Å². The summed E-state index contributed by atoms with van der Waals surface area (Å²) in [5.74, 6) is 0. The van der Waals surface area contributed by atoms with Crippen molar-refractivity contribution < 1.29 is 14.3 Å². The molecule has 4 nitrogen and oxygen atoms in total. The van der Waals surface area contributed by atoms with Crippen molar-refractivity contribution in [3.8, 4) is 11.1 Å². The Kier molecular flexibility index (Phi) is 3.44. The maximum absolute atomic E-state index is 11.9. The van der Waals surface area contributed by atoms with E-state index in [4.69, 9.17) is 4.74 Å². The van der Waals surface area contributed by atoms with Gasteiger partial charge >= 0.3 is 6.09 Å². The highest BCUT2D eigenvalue weighted by Crippen LogP contribution is 2.44. The van der Waals surface area contributed by atoms with E-state index in [9.17, 15) is 9.59 Å². The van der Waals surface area contributed by atoms with Gasteiger partial charge in [0.05, 0.1) is 6.04 Å². The van der Waals surface area contributed by atoms with Gasteiger partial charge in [-0.2, -0.15) is 0 Å². The lowest BCUT2D eigenvalue weighted by atomic mass is 10.1. The molecule has 2 aromatic rings. The fraction of sp³-hybridized carbons (Fsp3) is 0.176. The van der Waals surface area contributed by atoms with E-state index in [1.54, 1.807) is 6.92 Å². The van der Waals surface area contributed by atoms with Crippen LogP contribution in [0, 0.1) is 0 Å². The zero-order valence-corrected chi connectivity index (χ0v) is 11.6. The van der Waals surface area contributed by atoms with Crippen molar-refractivity contribution in [2.24, 2.45) is 0 Å². The lowest BCUT2D eigenvalue weighted by Crippen LogP contribution is -2.34. The fourth-order valence-corrected chi connectivity index (χ4v) is 2.60. The number of ether oxygens (including phenoxy) is 1. The molecule has 3 rings (SSSR count). The van der Waals surface area contributed by atoms with E-state index in [0.717, 1.165) is 22.3 Å². The lowest BCUT2D eigenvalue weighted by molar-refractivity contribution is -0.109. The summed E-state index contributed by atoms with van der Waals surface area (Å²) < 4.78 is 5.53. The molecule has 0 saturated heterocycles. The van der Waals surface area contributed by atoms with Gasteiger partial charge in [0.1, 0.15) is 6.29 Å². The minimum Gasteiger partial charge on any atom is -0.436 e. The molecule has 0 radical (unpaired) electrons. The molecule has 0 bridgehead atoms. The van der Waals surface area contributed by atoms with Crippen LogP contribution in [0.15, 0.2) is 48.5 Å². The largest absolute Gasteiger partial charge is 0.436 e. The number of nitrogens with one attached hydrogen (secondary N) is 1. The normalized spacial score (nSPS) is 14.0. The number of carbonyl (C=O) groups excluding carboxylic acids is 2. The Hall–Kier alpha value is -2.62. The summed E-state index contributed by atoms with van der Waals surface area (Å²) in [6.07, 6.45) is -0.361. The monoisotopic (exact) mass is 281 g/mol. The molecule has 0 spiro atoms. The van der Waals surface area contributed by atoms with E-state index < -0.39 is 18.2 Å². The number of carbonyl (C=O) groups is 2. The van der Waals surface area contributed by atoms with Crippen LogP contribution < -0.4 is 5.32 Å². The predicted octanol–water partition coefficient (Wildman–Crippen LogP) is 3.07. The summed E-state index contributed by atoms with van der Waals surface area (Å²) in [5, 5.41) is 2.49. The maximum atomic E-state index is 11.9. The highest BCUT2D eigenvalue weighted by Gasteiger charge is 2.31. The van der Waals surface area contributed by atoms with Crippen LogP contribution in [-0.2, 0) is 9.53 Å². The summed E-state index contributed by atoms with van der Waals surface area (Å²) in [7, 11) is 0. The van der Waals surface area contributed by atoms with Gasteiger partial charge < -0.3 is 14.8 Å². The molecule has 1 atom stereocenters. The third-order valence-electron chi connectivity index (χ3n) is 3.55. The molecule has 1 amide bonds. The smallest absolute Gasteiger partial charge is 0.408 e. The average Bonchev–Trinajstić information content (AvgIpc) is 2.82. The fourth-order valence-electron chi connectivity index (χ4n) is 2.60. The van der Waals surface area contributed by atoms with Gasteiger partial charge in [0.25, 0.3) is 0 Å². The van der Waals surface area contributed by atoms with Crippen molar-refractivity contribution in [2.75, 3.05) is 0 Å². The summed E-state index contributed by atoms with van der Waals surface area (Å²) in [4.78, 5) is 22.5. The number of aldehydes is 1. The Bertz CT molecular complexity index is 650. The van der Waals surface area contributed by atoms with Gasteiger partial charge in [-0.25, -0.2) is 4.79 Å². The van der Waals surface area contributed by atoms with E-state index in [1.807, 2.05) is 48.5 Å². The molecule has 0 saturated carbocycles. The second kappa shape index (κ2) is 5.40. The Balaban J connectivity index is 1.92. The molecule has 0 aromatic heterocycles. The number of rotatable bonds is 3. The topological polar surface area (TPSA) is 55.4 Å². The SMILES string of the molecule is CC(C=O)NC(=O)OC1c2ccccc2-c2ccccc21. The van der Waals surface area contributed by atoms with Crippen LogP contribution in [-0.4, -0.2) is 18.4 Å². The molecule has 2 aromatic carbocycles. The molecule has 1 aliphatic rings. The van der Waals surface area contributed by atoms with E-state index in [2.05, 4.69) is 5.32 Å². The summed E-state index contributed by atoms with van der Waals surface area (Å²) in [5.41, 5.74) is 4.09. The van der Waals surface area contributed by atoms with Crippen molar-refractivity contribution in [1.82, 2.24) is 5.32 Å². The standard InChI is InChI=1S/C17H15NO3/c1-11(10-19)18-17(20)21-16-14-8-4-2-6-12(14)13-7-3-5-9-15(13)16/h2-11,16H,1H3,(H,18,20). The van der Waals surface area contributed by atoms with Crippen molar-refractivity contribution in [2.45, 2.75) is 19.1 Å². The van der Waals surface area contributed by atoms with E-state index in [-0.39, 0.29) is 0 Å². The van der Waals surface area contributed by atoms with E-state index in [1.165, 1.54) is 0 Å². The Morgan fingerprint density at radius 2 is 1.62 bits per heavy atom. The van der Waals surface area contributed by atoms with Crippen LogP contribution >= 0.6 is 0 Å². The highest BCUT2D eigenvalue weighted by molar-refractivity contribution is 5.80. The minimum absolute atomic E-state index is 0.434. The molecule has 1 aliphatic carbocycles. The van der Waals surface area contributed by atoms with Gasteiger partial charge in [-0.05, 0) is 18.1 Å². The van der Waals surface area contributed by atoms with Crippen LogP contribution in [0.1, 0.15) is 24.2 Å². The van der Waals surface area contributed by atoms with Gasteiger partial charge in [-0.15, -0.1) is 0 Å². The first-order valence-electron chi connectivity index (χ1n) is 6.81. The molecule has 1 unspecified atom stereocenters. The first-order chi connectivity index (χ1) is 10.2. The number of amides is 1. The van der Waals surface area contributed by atoms with Crippen LogP contribution in [0.3, 0.4) is 0 Å². The molecule has 0 aliphatic heterocycles. The Labute approximate surface area is 122 Å². The minimum atomic E-state index is -0.592. The zero-order chi connectivity index (χ0) is 14.8. The van der Waals surface area contributed by atoms with Crippen LogP contribution in [0.5, 0.6) is 0 Å². The van der Waals surface area contributed by atoms with Gasteiger partial charge in [-0.1, -0.05) is 48.5 Å². The average molecular weight is 281 g/mol. The molecule has 4 heteroatoms. The molecule has 0 heterocycles. The highest BCUT2D eigenvalue weighted by atomic mass is 16.6. The van der Waals surface area contributed by atoms with Gasteiger partial charge in [-0.3, -0.25) is 0 Å². The van der Waals surface area contributed by atoms with Crippen LogP contribution in [0.4, 0.5) is 4.79 Å². The van der Waals surface area contributed by atoms with Crippen LogP contribution in [0.2, 0.25) is 0 Å². The number of benzene rings is 2. The zero-order valence-electron chi connectivity index (χ0n) is 11.6. The molecule has 0 fully saturated rings. The Morgan fingerprint density at radius 1 is 1.10 bits per heavy atom. The Morgan fingerprint density at radius 3 is 2.14 bits per heavy atom. The van der Waals surface area contributed by atoms with E-state index >= 15 is 0 Å². The molecular weight excluding hydrogens is 266 g/mol. The maximum Gasteiger partial charge on any atom is 0.408 e. The van der Waals surface area contributed by atoms with Gasteiger partial charge in [0.2, 0.25) is 0 Å². The second-order valence-electron chi connectivity index (χ2n) is 5.03. The first kappa shape index (κ1) is 13.4. The van der Waals surface area contributed by atoms with Gasteiger partial charge in [0, 0.05) is 11.1 Å². The quantitative estimate of drug-likeness (QED) is 0.880. The van der Waals surface area contributed by atoms with Gasteiger partial charge in [0.15, 0.2) is 6.10 Å². The second-order valence-corrected chi connectivity index (χ2v) is 5.03. The lowest BCUT2D eigenvalue weighted by Gasteiger charge is -2.16. The third-order valence-corrected chi connectivity index (χ3v) is 3.55. The third kappa shape index (κ3) is 2.40. The molecule has 106 valence electrons. The predicted molar refractivity (Wildman–Crippen MR) is 78.9 cm³/mol. The van der Waals surface area contributed by atoms with Crippen molar-refractivity contribution in [3.05, 3.63) is 59.7 Å². The number of fused-ring (bicyclic) bond motifs is 3. The summed E-state index contributed by atoms with van der Waals surface area (Å²) in [6.45, 7) is 1.60. The van der Waals surface area contributed by atoms with Crippen molar-refractivity contribution in [3.63, 3.8) is 0 Å². The summed E-state index contributed by atoms with van der Waals surface area (Å²) >= 11 is 0. The summed E-state index contributed by atoms with van der Waals surface area (Å²) in [6, 6.07) is 15.2. The number of alkyl carbamates (subject to hydrolysis) is 1.